The Morgan fingerprint density at radius 2 is 1.74 bits per heavy atom. The molecule has 0 aliphatic rings. The Morgan fingerprint density at radius 1 is 0.971 bits per heavy atom. The van der Waals surface area contributed by atoms with Crippen LogP contribution in [0.5, 0.6) is 11.5 Å². The van der Waals surface area contributed by atoms with Gasteiger partial charge in [-0.25, -0.2) is 4.79 Å². The summed E-state index contributed by atoms with van der Waals surface area (Å²) in [6.45, 7) is 1.57. The Morgan fingerprint density at radius 3 is 2.41 bits per heavy atom. The van der Waals surface area contributed by atoms with Crippen molar-refractivity contribution in [3.63, 3.8) is 0 Å². The second kappa shape index (κ2) is 9.05. The quantitative estimate of drug-likeness (QED) is 0.414. The highest BCUT2D eigenvalue weighted by atomic mass is 19.4. The average molecular weight is 470 g/mol. The Bertz CT molecular complexity index is 1390. The molecule has 34 heavy (non-hydrogen) atoms. The number of benzene rings is 3. The number of tetrazole rings is 1. The van der Waals surface area contributed by atoms with Crippen molar-refractivity contribution in [2.45, 2.75) is 19.7 Å². The number of aromatic nitrogens is 4. The molecular formula is C24H21F3N4O3. The van der Waals surface area contributed by atoms with Gasteiger partial charge in [-0.1, -0.05) is 36.4 Å². The standard InChI is InChI=1S/C24H21F3N4O3/c1-15-7-6-9-20(31-23(32)30(2)28-29-31)18(15)14-34-22-12-11-16(13-19(22)24(25,26)27)17-8-4-5-10-21(17)33-3/h4-13H,14H2,1-3H3. The van der Waals surface area contributed by atoms with Crippen molar-refractivity contribution in [3.05, 3.63) is 87.8 Å². The van der Waals surface area contributed by atoms with E-state index in [4.69, 9.17) is 9.47 Å². The van der Waals surface area contributed by atoms with Crippen LogP contribution in [0.25, 0.3) is 16.8 Å². The molecule has 176 valence electrons. The first kappa shape index (κ1) is 23.1. The summed E-state index contributed by atoms with van der Waals surface area (Å²) in [4.78, 5) is 12.3. The van der Waals surface area contributed by atoms with E-state index in [0.29, 0.717) is 28.1 Å². The molecule has 0 amide bonds. The van der Waals surface area contributed by atoms with E-state index < -0.39 is 17.4 Å². The number of alkyl halides is 3. The van der Waals surface area contributed by atoms with Crippen molar-refractivity contribution in [1.82, 2.24) is 19.8 Å². The zero-order chi connectivity index (χ0) is 24.5. The van der Waals surface area contributed by atoms with Gasteiger partial charge in [-0.3, -0.25) is 0 Å². The van der Waals surface area contributed by atoms with Gasteiger partial charge in [0.25, 0.3) is 0 Å². The summed E-state index contributed by atoms with van der Waals surface area (Å²) in [7, 11) is 2.92. The van der Waals surface area contributed by atoms with Gasteiger partial charge in [-0.2, -0.15) is 22.5 Å². The molecule has 0 saturated carbocycles. The molecule has 0 atom stereocenters. The van der Waals surface area contributed by atoms with Gasteiger partial charge in [-0.05, 0) is 52.7 Å². The summed E-state index contributed by atoms with van der Waals surface area (Å²) in [5.41, 5.74) is 1.12. The zero-order valence-electron chi connectivity index (χ0n) is 18.6. The minimum Gasteiger partial charge on any atom is -0.496 e. The number of para-hydroxylation sites is 1. The van der Waals surface area contributed by atoms with Gasteiger partial charge in [0.2, 0.25) is 0 Å². The predicted octanol–water partition coefficient (Wildman–Crippen LogP) is 4.55. The topological polar surface area (TPSA) is 71.2 Å². The molecule has 4 rings (SSSR count). The maximum absolute atomic E-state index is 14.0. The van der Waals surface area contributed by atoms with Crippen LogP contribution in [0.4, 0.5) is 13.2 Å². The number of hydrogen-bond donors (Lipinski definition) is 0. The SMILES string of the molecule is COc1ccccc1-c1ccc(OCc2c(C)cccc2-n2nnn(C)c2=O)c(C(F)(F)F)c1. The minimum absolute atomic E-state index is 0.206. The van der Waals surface area contributed by atoms with Crippen LogP contribution in [0.1, 0.15) is 16.7 Å². The molecule has 0 fully saturated rings. The molecule has 3 aromatic carbocycles. The Hall–Kier alpha value is -4.08. The second-order valence-corrected chi connectivity index (χ2v) is 7.57. The third-order valence-electron chi connectivity index (χ3n) is 5.41. The molecule has 0 spiro atoms. The Kier molecular flexibility index (Phi) is 6.14. The van der Waals surface area contributed by atoms with Crippen molar-refractivity contribution >= 4 is 0 Å². The number of hydrogen-bond acceptors (Lipinski definition) is 5. The minimum atomic E-state index is -4.65. The summed E-state index contributed by atoms with van der Waals surface area (Å²) in [5, 5.41) is 7.53. The third-order valence-corrected chi connectivity index (χ3v) is 5.41. The lowest BCUT2D eigenvalue weighted by atomic mass is 10.0. The molecule has 4 aromatic rings. The largest absolute Gasteiger partial charge is 0.496 e. The van der Waals surface area contributed by atoms with E-state index in [0.717, 1.165) is 21.0 Å². The number of aryl methyl sites for hydroxylation is 2. The van der Waals surface area contributed by atoms with Gasteiger partial charge < -0.3 is 9.47 Å². The fourth-order valence-electron chi connectivity index (χ4n) is 3.62. The average Bonchev–Trinajstić information content (AvgIpc) is 3.15. The summed E-state index contributed by atoms with van der Waals surface area (Å²) in [6.07, 6.45) is -4.65. The molecule has 0 bridgehead atoms. The van der Waals surface area contributed by atoms with Crippen LogP contribution < -0.4 is 15.2 Å². The van der Waals surface area contributed by atoms with Crippen molar-refractivity contribution in [2.24, 2.45) is 7.05 Å². The highest BCUT2D eigenvalue weighted by Crippen LogP contribution is 2.41. The van der Waals surface area contributed by atoms with Crippen LogP contribution in [-0.2, 0) is 19.8 Å². The van der Waals surface area contributed by atoms with Crippen molar-refractivity contribution in [2.75, 3.05) is 7.11 Å². The molecule has 0 saturated heterocycles. The number of halogens is 3. The van der Waals surface area contributed by atoms with Crippen LogP contribution in [0, 0.1) is 6.92 Å². The molecule has 0 unspecified atom stereocenters. The maximum Gasteiger partial charge on any atom is 0.419 e. The van der Waals surface area contributed by atoms with E-state index in [1.54, 1.807) is 55.5 Å². The lowest BCUT2D eigenvalue weighted by Crippen LogP contribution is -2.23. The molecule has 0 aliphatic heterocycles. The number of nitrogens with zero attached hydrogens (tertiary/aromatic N) is 4. The molecule has 1 aromatic heterocycles. The first-order chi connectivity index (χ1) is 16.2. The monoisotopic (exact) mass is 470 g/mol. The number of methoxy groups -OCH3 is 1. The van der Waals surface area contributed by atoms with E-state index in [1.807, 2.05) is 0 Å². The molecule has 1 heterocycles. The van der Waals surface area contributed by atoms with Crippen molar-refractivity contribution < 1.29 is 22.6 Å². The molecule has 7 nitrogen and oxygen atoms in total. The highest BCUT2D eigenvalue weighted by Gasteiger charge is 2.35. The van der Waals surface area contributed by atoms with E-state index in [1.165, 1.54) is 20.2 Å². The van der Waals surface area contributed by atoms with Crippen LogP contribution in [-0.4, -0.2) is 26.9 Å². The van der Waals surface area contributed by atoms with Crippen LogP contribution in [0.3, 0.4) is 0 Å². The van der Waals surface area contributed by atoms with Gasteiger partial charge in [0.15, 0.2) is 0 Å². The molecule has 0 N–H and O–H groups in total. The Balaban J connectivity index is 1.72. The lowest BCUT2D eigenvalue weighted by molar-refractivity contribution is -0.139. The van der Waals surface area contributed by atoms with Gasteiger partial charge in [0, 0.05) is 18.2 Å². The van der Waals surface area contributed by atoms with E-state index in [2.05, 4.69) is 10.4 Å². The van der Waals surface area contributed by atoms with Crippen LogP contribution in [0.15, 0.2) is 65.5 Å². The third kappa shape index (κ3) is 4.39. The highest BCUT2D eigenvalue weighted by molar-refractivity contribution is 5.72. The van der Waals surface area contributed by atoms with E-state index >= 15 is 0 Å². The number of rotatable bonds is 6. The maximum atomic E-state index is 14.0. The first-order valence-corrected chi connectivity index (χ1v) is 10.3. The summed E-state index contributed by atoms with van der Waals surface area (Å²) < 4.78 is 55.0. The first-order valence-electron chi connectivity index (χ1n) is 10.3. The fraction of sp³-hybridized carbons (Fsp3) is 0.208. The van der Waals surface area contributed by atoms with Gasteiger partial charge in [0.1, 0.15) is 18.1 Å². The normalized spacial score (nSPS) is 11.5. The number of ether oxygens (including phenoxy) is 2. The van der Waals surface area contributed by atoms with Crippen LogP contribution in [0.2, 0.25) is 0 Å². The summed E-state index contributed by atoms with van der Waals surface area (Å²) in [6, 6.07) is 15.9. The smallest absolute Gasteiger partial charge is 0.419 e. The summed E-state index contributed by atoms with van der Waals surface area (Å²) in [5.74, 6) is 0.134. The zero-order valence-corrected chi connectivity index (χ0v) is 18.6. The second-order valence-electron chi connectivity index (χ2n) is 7.57. The van der Waals surface area contributed by atoms with Crippen molar-refractivity contribution in [1.29, 1.82) is 0 Å². The van der Waals surface area contributed by atoms with E-state index in [9.17, 15) is 18.0 Å². The molecular weight excluding hydrogens is 449 g/mol. The van der Waals surface area contributed by atoms with Gasteiger partial charge in [0.05, 0.1) is 18.4 Å². The predicted molar refractivity (Wildman–Crippen MR) is 119 cm³/mol. The summed E-state index contributed by atoms with van der Waals surface area (Å²) >= 11 is 0. The van der Waals surface area contributed by atoms with Crippen LogP contribution >= 0.6 is 0 Å². The fourth-order valence-corrected chi connectivity index (χ4v) is 3.62. The van der Waals surface area contributed by atoms with E-state index in [-0.39, 0.29) is 12.4 Å². The van der Waals surface area contributed by atoms with Crippen molar-refractivity contribution in [3.8, 4) is 28.3 Å². The molecule has 0 aliphatic carbocycles. The Labute approximate surface area is 193 Å². The molecule has 10 heteroatoms. The molecule has 0 radical (unpaired) electrons. The lowest BCUT2D eigenvalue weighted by Gasteiger charge is -2.18. The van der Waals surface area contributed by atoms with Gasteiger partial charge in [-0.15, -0.1) is 0 Å². The van der Waals surface area contributed by atoms with Gasteiger partial charge >= 0.3 is 11.9 Å².